The van der Waals surface area contributed by atoms with Crippen LogP contribution in [0.1, 0.15) is 16.7 Å². The van der Waals surface area contributed by atoms with E-state index in [4.69, 9.17) is 10.5 Å². The molecule has 0 unspecified atom stereocenters. The molecule has 94 valence electrons. The highest BCUT2D eigenvalue weighted by atomic mass is 16.5. The normalized spacial score (nSPS) is 10.3. The van der Waals surface area contributed by atoms with Crippen molar-refractivity contribution in [3.8, 4) is 5.75 Å². The third kappa shape index (κ3) is 3.60. The van der Waals surface area contributed by atoms with Gasteiger partial charge in [-0.15, -0.1) is 0 Å². The molecule has 0 saturated heterocycles. The Labute approximate surface area is 108 Å². The van der Waals surface area contributed by atoms with Gasteiger partial charge in [0.15, 0.2) is 0 Å². The second kappa shape index (κ2) is 6.22. The van der Waals surface area contributed by atoms with Gasteiger partial charge in [-0.2, -0.15) is 0 Å². The Balaban J connectivity index is 1.91. The van der Waals surface area contributed by atoms with Crippen molar-refractivity contribution in [2.24, 2.45) is 5.73 Å². The van der Waals surface area contributed by atoms with Gasteiger partial charge >= 0.3 is 0 Å². The Morgan fingerprint density at radius 3 is 2.11 bits per heavy atom. The molecule has 2 heteroatoms. The Hall–Kier alpha value is -1.80. The number of hydrogen-bond donors (Lipinski definition) is 1. The molecular weight excluding hydrogens is 222 g/mol. The van der Waals surface area contributed by atoms with Crippen LogP contribution < -0.4 is 10.5 Å². The van der Waals surface area contributed by atoms with E-state index in [-0.39, 0.29) is 0 Å². The van der Waals surface area contributed by atoms with Gasteiger partial charge in [-0.1, -0.05) is 42.0 Å². The Kier molecular flexibility index (Phi) is 4.37. The SMILES string of the molecule is Cc1ccc(OCc2ccc(CCN)cc2)cc1. The van der Waals surface area contributed by atoms with Crippen LogP contribution in [0.5, 0.6) is 5.75 Å². The van der Waals surface area contributed by atoms with Gasteiger partial charge < -0.3 is 10.5 Å². The van der Waals surface area contributed by atoms with E-state index >= 15 is 0 Å². The van der Waals surface area contributed by atoms with Gasteiger partial charge in [0.2, 0.25) is 0 Å². The number of benzene rings is 2. The minimum Gasteiger partial charge on any atom is -0.489 e. The lowest BCUT2D eigenvalue weighted by atomic mass is 10.1. The molecule has 0 heterocycles. The molecular formula is C16H19NO. The molecule has 2 aromatic carbocycles. The average Bonchev–Trinajstić information content (AvgIpc) is 2.40. The molecule has 0 atom stereocenters. The third-order valence-corrected chi connectivity index (χ3v) is 2.88. The maximum absolute atomic E-state index is 5.72. The summed E-state index contributed by atoms with van der Waals surface area (Å²) in [5, 5.41) is 0. The highest BCUT2D eigenvalue weighted by Gasteiger charge is 1.97. The molecule has 0 aromatic heterocycles. The number of ether oxygens (including phenoxy) is 1. The largest absolute Gasteiger partial charge is 0.489 e. The van der Waals surface area contributed by atoms with E-state index in [9.17, 15) is 0 Å². The predicted octanol–water partition coefficient (Wildman–Crippen LogP) is 3.08. The van der Waals surface area contributed by atoms with E-state index in [0.29, 0.717) is 13.2 Å². The van der Waals surface area contributed by atoms with E-state index in [1.807, 2.05) is 12.1 Å². The molecule has 0 amide bonds. The van der Waals surface area contributed by atoms with Crippen LogP contribution in [-0.2, 0) is 13.0 Å². The van der Waals surface area contributed by atoms with E-state index in [1.165, 1.54) is 16.7 Å². The van der Waals surface area contributed by atoms with Gasteiger partial charge in [-0.3, -0.25) is 0 Å². The van der Waals surface area contributed by atoms with Crippen LogP contribution in [0.4, 0.5) is 0 Å². The van der Waals surface area contributed by atoms with Gasteiger partial charge in [0, 0.05) is 0 Å². The topological polar surface area (TPSA) is 35.2 Å². The quantitative estimate of drug-likeness (QED) is 0.873. The lowest BCUT2D eigenvalue weighted by Crippen LogP contribution is -2.02. The van der Waals surface area contributed by atoms with Crippen LogP contribution in [0.15, 0.2) is 48.5 Å². The van der Waals surface area contributed by atoms with E-state index in [2.05, 4.69) is 43.3 Å². The molecule has 0 radical (unpaired) electrons. The van der Waals surface area contributed by atoms with Crippen molar-refractivity contribution in [1.82, 2.24) is 0 Å². The maximum atomic E-state index is 5.72. The molecule has 18 heavy (non-hydrogen) atoms. The summed E-state index contributed by atoms with van der Waals surface area (Å²) in [6.45, 7) is 3.37. The highest BCUT2D eigenvalue weighted by Crippen LogP contribution is 2.14. The molecule has 0 aliphatic carbocycles. The van der Waals surface area contributed by atoms with E-state index < -0.39 is 0 Å². The summed E-state index contributed by atoms with van der Waals surface area (Å²) < 4.78 is 5.72. The van der Waals surface area contributed by atoms with Crippen molar-refractivity contribution in [2.45, 2.75) is 20.0 Å². The van der Waals surface area contributed by atoms with E-state index in [0.717, 1.165) is 12.2 Å². The van der Waals surface area contributed by atoms with Crippen LogP contribution >= 0.6 is 0 Å². The highest BCUT2D eigenvalue weighted by molar-refractivity contribution is 5.27. The first-order valence-electron chi connectivity index (χ1n) is 6.25. The van der Waals surface area contributed by atoms with Crippen molar-refractivity contribution in [3.63, 3.8) is 0 Å². The van der Waals surface area contributed by atoms with Gasteiger partial charge in [-0.25, -0.2) is 0 Å². The van der Waals surface area contributed by atoms with Gasteiger partial charge in [-0.05, 0) is 43.1 Å². The van der Waals surface area contributed by atoms with Crippen molar-refractivity contribution in [1.29, 1.82) is 0 Å². The smallest absolute Gasteiger partial charge is 0.119 e. The molecule has 0 bridgehead atoms. The summed E-state index contributed by atoms with van der Waals surface area (Å²) in [6, 6.07) is 16.5. The summed E-state index contributed by atoms with van der Waals surface area (Å²) in [7, 11) is 0. The van der Waals surface area contributed by atoms with Gasteiger partial charge in [0.05, 0.1) is 0 Å². The average molecular weight is 241 g/mol. The second-order valence-electron chi connectivity index (χ2n) is 4.46. The molecule has 2 N–H and O–H groups in total. The number of hydrogen-bond acceptors (Lipinski definition) is 2. The fourth-order valence-electron chi connectivity index (χ4n) is 1.77. The molecule has 2 aromatic rings. The molecule has 0 aliphatic heterocycles. The van der Waals surface area contributed by atoms with Crippen molar-refractivity contribution >= 4 is 0 Å². The molecule has 2 nitrogen and oxygen atoms in total. The maximum Gasteiger partial charge on any atom is 0.119 e. The molecule has 0 spiro atoms. The second-order valence-corrected chi connectivity index (χ2v) is 4.46. The Bertz CT molecular complexity index is 473. The summed E-state index contributed by atoms with van der Waals surface area (Å²) >= 11 is 0. The summed E-state index contributed by atoms with van der Waals surface area (Å²) in [5.41, 5.74) is 9.22. The van der Waals surface area contributed by atoms with Crippen LogP contribution in [0.2, 0.25) is 0 Å². The predicted molar refractivity (Wildman–Crippen MR) is 74.7 cm³/mol. The fraction of sp³-hybridized carbons (Fsp3) is 0.250. The summed E-state index contributed by atoms with van der Waals surface area (Å²) in [6.07, 6.45) is 0.930. The first-order valence-corrected chi connectivity index (χ1v) is 6.25. The zero-order valence-electron chi connectivity index (χ0n) is 10.7. The molecule has 0 saturated carbocycles. The minimum absolute atomic E-state index is 0.603. The van der Waals surface area contributed by atoms with Crippen LogP contribution in [0.3, 0.4) is 0 Å². The van der Waals surface area contributed by atoms with Gasteiger partial charge in [0.1, 0.15) is 12.4 Å². The van der Waals surface area contributed by atoms with Gasteiger partial charge in [0.25, 0.3) is 0 Å². The minimum atomic E-state index is 0.603. The monoisotopic (exact) mass is 241 g/mol. The van der Waals surface area contributed by atoms with E-state index in [1.54, 1.807) is 0 Å². The summed E-state index contributed by atoms with van der Waals surface area (Å²) in [5.74, 6) is 0.909. The lowest BCUT2D eigenvalue weighted by Gasteiger charge is -2.07. The Morgan fingerprint density at radius 1 is 0.889 bits per heavy atom. The summed E-state index contributed by atoms with van der Waals surface area (Å²) in [4.78, 5) is 0. The number of rotatable bonds is 5. The first kappa shape index (κ1) is 12.7. The first-order chi connectivity index (χ1) is 8.78. The zero-order valence-corrected chi connectivity index (χ0v) is 10.7. The van der Waals surface area contributed by atoms with Crippen LogP contribution in [0, 0.1) is 6.92 Å². The third-order valence-electron chi connectivity index (χ3n) is 2.88. The Morgan fingerprint density at radius 2 is 1.50 bits per heavy atom. The lowest BCUT2D eigenvalue weighted by molar-refractivity contribution is 0.306. The standard InChI is InChI=1S/C16H19NO/c1-13-2-8-16(9-3-13)18-12-15-6-4-14(5-7-15)10-11-17/h2-9H,10-12,17H2,1H3. The number of nitrogens with two attached hydrogens (primary N) is 1. The molecule has 0 aliphatic rings. The van der Waals surface area contributed by atoms with Crippen molar-refractivity contribution in [2.75, 3.05) is 6.54 Å². The van der Waals surface area contributed by atoms with Crippen molar-refractivity contribution < 1.29 is 4.74 Å². The van der Waals surface area contributed by atoms with Crippen LogP contribution in [-0.4, -0.2) is 6.54 Å². The number of aryl methyl sites for hydroxylation is 1. The zero-order chi connectivity index (χ0) is 12.8. The van der Waals surface area contributed by atoms with Crippen molar-refractivity contribution in [3.05, 3.63) is 65.2 Å². The molecule has 0 fully saturated rings. The fourth-order valence-corrected chi connectivity index (χ4v) is 1.77. The molecule has 2 rings (SSSR count). The van der Waals surface area contributed by atoms with Crippen LogP contribution in [0.25, 0.3) is 0 Å².